The molecule has 2 amide bonds. The summed E-state index contributed by atoms with van der Waals surface area (Å²) in [5.74, 6) is 1.21. The van der Waals surface area contributed by atoms with Crippen LogP contribution < -0.4 is 10.6 Å². The van der Waals surface area contributed by atoms with Gasteiger partial charge in [0.05, 0.1) is 0 Å². The number of carbonyl (C=O) groups is 1. The Balaban J connectivity index is 1.71. The van der Waals surface area contributed by atoms with E-state index < -0.39 is 0 Å². The summed E-state index contributed by atoms with van der Waals surface area (Å²) >= 11 is 1.96. The average molecular weight is 321 g/mol. The van der Waals surface area contributed by atoms with E-state index in [4.69, 9.17) is 0 Å². The molecule has 1 fully saturated rings. The Labute approximate surface area is 138 Å². The molecular weight excluding hydrogens is 294 g/mol. The van der Waals surface area contributed by atoms with Crippen LogP contribution in [0.5, 0.6) is 0 Å². The zero-order chi connectivity index (χ0) is 16.0. The molecule has 0 spiro atoms. The third-order valence-corrected chi connectivity index (χ3v) is 5.44. The molecule has 1 aliphatic heterocycles. The topological polar surface area (TPSA) is 44.4 Å². The monoisotopic (exact) mass is 321 g/mol. The number of rotatable bonds is 6. The third kappa shape index (κ3) is 5.54. The number of urea groups is 1. The Morgan fingerprint density at radius 2 is 1.91 bits per heavy atom. The first-order chi connectivity index (χ1) is 10.5. The molecule has 0 unspecified atom stereocenters. The Hall–Kier alpha value is -1.20. The SMILES string of the molecule is CN(C)Cc1ccc(CNC(=O)NC[C@@]2(C)CCCS2)cc1. The van der Waals surface area contributed by atoms with E-state index in [9.17, 15) is 4.79 Å². The van der Waals surface area contributed by atoms with Crippen molar-refractivity contribution < 1.29 is 4.79 Å². The molecule has 0 aliphatic carbocycles. The second kappa shape index (κ2) is 7.88. The number of benzene rings is 1. The largest absolute Gasteiger partial charge is 0.337 e. The van der Waals surface area contributed by atoms with E-state index in [1.807, 2.05) is 11.8 Å². The molecule has 5 heteroatoms. The molecule has 0 saturated carbocycles. The van der Waals surface area contributed by atoms with Gasteiger partial charge in [-0.1, -0.05) is 24.3 Å². The van der Waals surface area contributed by atoms with Gasteiger partial charge in [-0.2, -0.15) is 11.8 Å². The molecule has 0 bridgehead atoms. The molecule has 1 heterocycles. The van der Waals surface area contributed by atoms with Gasteiger partial charge in [0, 0.05) is 24.4 Å². The van der Waals surface area contributed by atoms with Crippen molar-refractivity contribution in [3.05, 3.63) is 35.4 Å². The molecule has 0 radical (unpaired) electrons. The van der Waals surface area contributed by atoms with Crippen molar-refractivity contribution in [1.29, 1.82) is 0 Å². The smallest absolute Gasteiger partial charge is 0.315 e. The number of amides is 2. The van der Waals surface area contributed by atoms with Crippen LogP contribution in [0.1, 0.15) is 30.9 Å². The molecule has 0 aromatic heterocycles. The van der Waals surface area contributed by atoms with Crippen molar-refractivity contribution in [3.8, 4) is 0 Å². The first-order valence-corrected chi connectivity index (χ1v) is 8.84. The molecular formula is C17H27N3OS. The van der Waals surface area contributed by atoms with Gasteiger partial charge in [-0.25, -0.2) is 4.79 Å². The van der Waals surface area contributed by atoms with Crippen LogP contribution in [0.4, 0.5) is 4.79 Å². The summed E-state index contributed by atoms with van der Waals surface area (Å²) in [5.41, 5.74) is 2.41. The van der Waals surface area contributed by atoms with E-state index in [1.165, 1.54) is 24.2 Å². The van der Waals surface area contributed by atoms with Gasteiger partial charge in [0.2, 0.25) is 0 Å². The molecule has 1 aliphatic rings. The fourth-order valence-electron chi connectivity index (χ4n) is 2.62. The zero-order valence-corrected chi connectivity index (χ0v) is 14.6. The number of hydrogen-bond donors (Lipinski definition) is 2. The van der Waals surface area contributed by atoms with Crippen LogP contribution in [0.15, 0.2) is 24.3 Å². The molecule has 122 valence electrons. The first-order valence-electron chi connectivity index (χ1n) is 7.85. The van der Waals surface area contributed by atoms with Gasteiger partial charge >= 0.3 is 6.03 Å². The van der Waals surface area contributed by atoms with Gasteiger partial charge in [0.25, 0.3) is 0 Å². The maximum Gasteiger partial charge on any atom is 0.315 e. The highest BCUT2D eigenvalue weighted by atomic mass is 32.2. The van der Waals surface area contributed by atoms with Crippen molar-refractivity contribution in [2.24, 2.45) is 0 Å². The molecule has 1 aromatic carbocycles. The van der Waals surface area contributed by atoms with Gasteiger partial charge in [-0.05, 0) is 50.7 Å². The lowest BCUT2D eigenvalue weighted by molar-refractivity contribution is 0.239. The van der Waals surface area contributed by atoms with E-state index >= 15 is 0 Å². The summed E-state index contributed by atoms with van der Waals surface area (Å²) in [7, 11) is 4.12. The second-order valence-electron chi connectivity index (χ2n) is 6.49. The Morgan fingerprint density at radius 3 is 2.50 bits per heavy atom. The molecule has 22 heavy (non-hydrogen) atoms. The third-order valence-electron chi connectivity index (χ3n) is 3.90. The van der Waals surface area contributed by atoms with Crippen LogP contribution in [0.25, 0.3) is 0 Å². The van der Waals surface area contributed by atoms with Gasteiger partial charge in [-0.3, -0.25) is 0 Å². The van der Waals surface area contributed by atoms with Crippen LogP contribution in [0, 0.1) is 0 Å². The summed E-state index contributed by atoms with van der Waals surface area (Å²) in [6, 6.07) is 8.31. The molecule has 1 aromatic rings. The van der Waals surface area contributed by atoms with Gasteiger partial charge in [0.1, 0.15) is 0 Å². The summed E-state index contributed by atoms with van der Waals surface area (Å²) in [6.07, 6.45) is 2.44. The molecule has 4 nitrogen and oxygen atoms in total. The fraction of sp³-hybridized carbons (Fsp3) is 0.588. The maximum atomic E-state index is 11.9. The number of thioether (sulfide) groups is 1. The van der Waals surface area contributed by atoms with Crippen LogP contribution in [-0.4, -0.2) is 42.1 Å². The number of hydrogen-bond acceptors (Lipinski definition) is 3. The summed E-state index contributed by atoms with van der Waals surface area (Å²) in [6.45, 7) is 4.47. The predicted octanol–water partition coefficient (Wildman–Crippen LogP) is 2.83. The van der Waals surface area contributed by atoms with Crippen molar-refractivity contribution in [2.45, 2.75) is 37.6 Å². The minimum atomic E-state index is -0.0777. The standard InChI is InChI=1S/C17H27N3OS/c1-17(9-4-10-22-17)13-19-16(21)18-11-14-5-7-15(8-6-14)12-20(2)3/h5-8H,4,9-13H2,1-3H3,(H2,18,19,21)/t17-/m1/s1. The molecule has 2 N–H and O–H groups in total. The van der Waals surface area contributed by atoms with Crippen LogP contribution in [0.2, 0.25) is 0 Å². The van der Waals surface area contributed by atoms with Crippen molar-refractivity contribution >= 4 is 17.8 Å². The van der Waals surface area contributed by atoms with E-state index in [-0.39, 0.29) is 10.8 Å². The first kappa shape index (κ1) is 17.2. The predicted molar refractivity (Wildman–Crippen MR) is 94.2 cm³/mol. The van der Waals surface area contributed by atoms with Crippen molar-refractivity contribution in [1.82, 2.24) is 15.5 Å². The fourth-order valence-corrected chi connectivity index (χ4v) is 3.86. The minimum absolute atomic E-state index is 0.0777. The molecule has 2 rings (SSSR count). The lowest BCUT2D eigenvalue weighted by atomic mass is 10.1. The number of nitrogens with zero attached hydrogens (tertiary/aromatic N) is 1. The van der Waals surface area contributed by atoms with E-state index in [0.717, 1.165) is 18.7 Å². The van der Waals surface area contributed by atoms with Gasteiger partial charge in [-0.15, -0.1) is 0 Å². The number of carbonyl (C=O) groups excluding carboxylic acids is 1. The summed E-state index contributed by atoms with van der Waals surface area (Å²) in [4.78, 5) is 14.0. The second-order valence-corrected chi connectivity index (χ2v) is 8.17. The summed E-state index contributed by atoms with van der Waals surface area (Å²) < 4.78 is 0.213. The van der Waals surface area contributed by atoms with E-state index in [1.54, 1.807) is 0 Å². The Morgan fingerprint density at radius 1 is 1.23 bits per heavy atom. The Kier molecular flexibility index (Phi) is 6.15. The van der Waals surface area contributed by atoms with E-state index in [0.29, 0.717) is 6.54 Å². The summed E-state index contributed by atoms with van der Waals surface area (Å²) in [5, 5.41) is 5.93. The zero-order valence-electron chi connectivity index (χ0n) is 13.8. The highest BCUT2D eigenvalue weighted by Crippen LogP contribution is 2.36. The van der Waals surface area contributed by atoms with Crippen molar-refractivity contribution in [2.75, 3.05) is 26.4 Å². The number of nitrogens with one attached hydrogen (secondary N) is 2. The quantitative estimate of drug-likeness (QED) is 0.847. The van der Waals surface area contributed by atoms with Crippen LogP contribution in [0.3, 0.4) is 0 Å². The lowest BCUT2D eigenvalue weighted by Gasteiger charge is -2.22. The van der Waals surface area contributed by atoms with E-state index in [2.05, 4.69) is 60.8 Å². The minimum Gasteiger partial charge on any atom is -0.337 e. The maximum absolute atomic E-state index is 11.9. The van der Waals surface area contributed by atoms with Crippen LogP contribution in [-0.2, 0) is 13.1 Å². The highest BCUT2D eigenvalue weighted by Gasteiger charge is 2.29. The lowest BCUT2D eigenvalue weighted by Crippen LogP contribution is -2.42. The highest BCUT2D eigenvalue weighted by molar-refractivity contribution is 8.00. The molecule has 1 saturated heterocycles. The van der Waals surface area contributed by atoms with Crippen molar-refractivity contribution in [3.63, 3.8) is 0 Å². The van der Waals surface area contributed by atoms with Crippen LogP contribution >= 0.6 is 11.8 Å². The Bertz CT molecular complexity index is 481. The van der Waals surface area contributed by atoms with Gasteiger partial charge < -0.3 is 15.5 Å². The van der Waals surface area contributed by atoms with Gasteiger partial charge in [0.15, 0.2) is 0 Å². The molecule has 1 atom stereocenters. The average Bonchev–Trinajstić information content (AvgIpc) is 2.91. The normalized spacial score (nSPS) is 21.1.